The van der Waals surface area contributed by atoms with Gasteiger partial charge in [-0.3, -0.25) is 0 Å². The van der Waals surface area contributed by atoms with Crippen LogP contribution in [0.4, 0.5) is 0 Å². The van der Waals surface area contributed by atoms with Gasteiger partial charge in [0.1, 0.15) is 5.76 Å². The standard InChI is InChI=1S/C13H22N2O/c1-15(2)10-12(13-4-3-9-16-13)11-5-7-14-8-6-11/h3-4,9,11-12,14H,5-8,10H2,1-2H3. The zero-order chi connectivity index (χ0) is 11.4. The predicted molar refractivity (Wildman–Crippen MR) is 65.6 cm³/mol. The summed E-state index contributed by atoms with van der Waals surface area (Å²) in [5.41, 5.74) is 0. The molecular weight excluding hydrogens is 200 g/mol. The molecule has 1 fully saturated rings. The van der Waals surface area contributed by atoms with Gasteiger partial charge in [0.15, 0.2) is 0 Å². The summed E-state index contributed by atoms with van der Waals surface area (Å²) in [4.78, 5) is 2.26. The highest BCUT2D eigenvalue weighted by Gasteiger charge is 2.27. The second kappa shape index (κ2) is 5.51. The second-order valence-corrected chi connectivity index (χ2v) is 4.97. The van der Waals surface area contributed by atoms with Crippen molar-refractivity contribution in [1.82, 2.24) is 10.2 Å². The van der Waals surface area contributed by atoms with E-state index in [1.807, 2.05) is 6.07 Å². The minimum Gasteiger partial charge on any atom is -0.469 e. The molecule has 0 saturated carbocycles. The molecule has 1 aromatic heterocycles. The average molecular weight is 222 g/mol. The van der Waals surface area contributed by atoms with E-state index >= 15 is 0 Å². The van der Waals surface area contributed by atoms with Crippen molar-refractivity contribution in [2.45, 2.75) is 18.8 Å². The van der Waals surface area contributed by atoms with E-state index in [0.29, 0.717) is 5.92 Å². The van der Waals surface area contributed by atoms with Gasteiger partial charge in [-0.25, -0.2) is 0 Å². The van der Waals surface area contributed by atoms with E-state index in [-0.39, 0.29) is 0 Å². The Bertz CT molecular complexity index is 289. The van der Waals surface area contributed by atoms with Gasteiger partial charge in [-0.2, -0.15) is 0 Å². The Morgan fingerprint density at radius 2 is 2.19 bits per heavy atom. The summed E-state index contributed by atoms with van der Waals surface area (Å²) < 4.78 is 5.60. The van der Waals surface area contributed by atoms with Crippen LogP contribution >= 0.6 is 0 Å². The minimum atomic E-state index is 0.548. The van der Waals surface area contributed by atoms with Crippen molar-refractivity contribution in [3.63, 3.8) is 0 Å². The van der Waals surface area contributed by atoms with E-state index in [2.05, 4.69) is 30.4 Å². The van der Waals surface area contributed by atoms with Crippen molar-refractivity contribution in [3.05, 3.63) is 24.2 Å². The highest BCUT2D eigenvalue weighted by atomic mass is 16.3. The van der Waals surface area contributed by atoms with Gasteiger partial charge in [0, 0.05) is 12.5 Å². The average Bonchev–Trinajstić information content (AvgIpc) is 2.80. The molecule has 2 rings (SSSR count). The first-order valence-electron chi connectivity index (χ1n) is 6.16. The Hall–Kier alpha value is -0.800. The van der Waals surface area contributed by atoms with Gasteiger partial charge < -0.3 is 14.6 Å². The fourth-order valence-corrected chi connectivity index (χ4v) is 2.61. The van der Waals surface area contributed by atoms with Crippen molar-refractivity contribution in [1.29, 1.82) is 0 Å². The molecule has 0 aliphatic carbocycles. The van der Waals surface area contributed by atoms with Gasteiger partial charge in [-0.15, -0.1) is 0 Å². The maximum absolute atomic E-state index is 5.60. The SMILES string of the molecule is CN(C)CC(c1ccco1)C1CCNCC1. The highest BCUT2D eigenvalue weighted by molar-refractivity contribution is 5.08. The monoisotopic (exact) mass is 222 g/mol. The Morgan fingerprint density at radius 3 is 2.75 bits per heavy atom. The molecule has 0 radical (unpaired) electrons. The van der Waals surface area contributed by atoms with Gasteiger partial charge in [-0.05, 0) is 58.1 Å². The maximum atomic E-state index is 5.60. The van der Waals surface area contributed by atoms with Gasteiger partial charge in [-0.1, -0.05) is 0 Å². The van der Waals surface area contributed by atoms with Gasteiger partial charge in [0.2, 0.25) is 0 Å². The third kappa shape index (κ3) is 2.86. The van der Waals surface area contributed by atoms with E-state index in [9.17, 15) is 0 Å². The maximum Gasteiger partial charge on any atom is 0.108 e. The molecule has 1 unspecified atom stereocenters. The fraction of sp³-hybridized carbons (Fsp3) is 0.692. The van der Waals surface area contributed by atoms with Crippen LogP contribution in [0, 0.1) is 5.92 Å². The summed E-state index contributed by atoms with van der Waals surface area (Å²) in [7, 11) is 4.27. The zero-order valence-corrected chi connectivity index (χ0v) is 10.3. The Kier molecular flexibility index (Phi) is 4.02. The van der Waals surface area contributed by atoms with Crippen LogP contribution in [0.25, 0.3) is 0 Å². The Balaban J connectivity index is 2.07. The molecule has 0 amide bonds. The lowest BCUT2D eigenvalue weighted by Crippen LogP contribution is -2.34. The first-order valence-corrected chi connectivity index (χ1v) is 6.16. The molecule has 1 saturated heterocycles. The lowest BCUT2D eigenvalue weighted by molar-refractivity contribution is 0.238. The number of nitrogens with one attached hydrogen (secondary N) is 1. The molecule has 16 heavy (non-hydrogen) atoms. The normalized spacial score (nSPS) is 20.2. The van der Waals surface area contributed by atoms with Gasteiger partial charge >= 0.3 is 0 Å². The van der Waals surface area contributed by atoms with Crippen LogP contribution in [0.15, 0.2) is 22.8 Å². The molecule has 1 aliphatic rings. The molecule has 0 aromatic carbocycles. The summed E-state index contributed by atoms with van der Waals surface area (Å²) in [6.45, 7) is 3.38. The summed E-state index contributed by atoms with van der Waals surface area (Å²) in [5.74, 6) is 2.46. The fourth-order valence-electron chi connectivity index (χ4n) is 2.61. The number of piperidine rings is 1. The number of rotatable bonds is 4. The van der Waals surface area contributed by atoms with Crippen molar-refractivity contribution in [2.75, 3.05) is 33.7 Å². The molecule has 3 heteroatoms. The Morgan fingerprint density at radius 1 is 1.44 bits per heavy atom. The molecule has 0 spiro atoms. The number of furan rings is 1. The number of likely N-dealkylation sites (N-methyl/N-ethyl adjacent to an activating group) is 1. The molecular formula is C13H22N2O. The van der Waals surface area contributed by atoms with E-state index in [0.717, 1.165) is 31.3 Å². The topological polar surface area (TPSA) is 28.4 Å². The molecule has 1 N–H and O–H groups in total. The molecule has 1 aliphatic heterocycles. The van der Waals surface area contributed by atoms with Crippen molar-refractivity contribution >= 4 is 0 Å². The van der Waals surface area contributed by atoms with Crippen LogP contribution in [0.2, 0.25) is 0 Å². The number of hydrogen-bond acceptors (Lipinski definition) is 3. The van der Waals surface area contributed by atoms with Crippen LogP contribution in [-0.4, -0.2) is 38.6 Å². The van der Waals surface area contributed by atoms with Crippen LogP contribution in [0.3, 0.4) is 0 Å². The van der Waals surface area contributed by atoms with Gasteiger partial charge in [0.25, 0.3) is 0 Å². The van der Waals surface area contributed by atoms with Crippen LogP contribution in [0.5, 0.6) is 0 Å². The van der Waals surface area contributed by atoms with E-state index < -0.39 is 0 Å². The molecule has 0 bridgehead atoms. The predicted octanol–water partition coefficient (Wildman–Crippen LogP) is 1.92. The van der Waals surface area contributed by atoms with Crippen LogP contribution in [-0.2, 0) is 0 Å². The first kappa shape index (κ1) is 11.7. The van der Waals surface area contributed by atoms with Crippen molar-refractivity contribution < 1.29 is 4.42 Å². The summed E-state index contributed by atoms with van der Waals surface area (Å²) >= 11 is 0. The lowest BCUT2D eigenvalue weighted by atomic mass is 9.83. The molecule has 3 nitrogen and oxygen atoms in total. The number of hydrogen-bond donors (Lipinski definition) is 1. The quantitative estimate of drug-likeness (QED) is 0.843. The molecule has 1 atom stereocenters. The molecule has 1 aromatic rings. The second-order valence-electron chi connectivity index (χ2n) is 4.97. The molecule has 90 valence electrons. The summed E-state index contributed by atoms with van der Waals surface area (Å²) in [5, 5.41) is 3.42. The van der Waals surface area contributed by atoms with E-state index in [1.165, 1.54) is 12.8 Å². The third-order valence-electron chi connectivity index (χ3n) is 3.42. The number of nitrogens with zero attached hydrogens (tertiary/aromatic N) is 1. The molecule has 2 heterocycles. The van der Waals surface area contributed by atoms with Crippen LogP contribution in [0.1, 0.15) is 24.5 Å². The van der Waals surface area contributed by atoms with E-state index in [4.69, 9.17) is 4.42 Å². The largest absolute Gasteiger partial charge is 0.469 e. The summed E-state index contributed by atoms with van der Waals surface area (Å²) in [6.07, 6.45) is 4.32. The smallest absolute Gasteiger partial charge is 0.108 e. The third-order valence-corrected chi connectivity index (χ3v) is 3.42. The van der Waals surface area contributed by atoms with Crippen molar-refractivity contribution in [2.24, 2.45) is 5.92 Å². The zero-order valence-electron chi connectivity index (χ0n) is 10.3. The van der Waals surface area contributed by atoms with Gasteiger partial charge in [0.05, 0.1) is 6.26 Å². The first-order chi connectivity index (χ1) is 7.77. The van der Waals surface area contributed by atoms with Crippen LogP contribution < -0.4 is 5.32 Å². The minimum absolute atomic E-state index is 0.548. The van der Waals surface area contributed by atoms with E-state index in [1.54, 1.807) is 6.26 Å². The Labute approximate surface area is 97.8 Å². The van der Waals surface area contributed by atoms with Crippen molar-refractivity contribution in [3.8, 4) is 0 Å². The lowest BCUT2D eigenvalue weighted by Gasteiger charge is -2.31. The highest BCUT2D eigenvalue weighted by Crippen LogP contribution is 2.31. The summed E-state index contributed by atoms with van der Waals surface area (Å²) in [6, 6.07) is 4.12.